The third-order valence-corrected chi connectivity index (χ3v) is 4.44. The van der Waals surface area contributed by atoms with E-state index in [-0.39, 0.29) is 0 Å². The number of nitrogens with one attached hydrogen (secondary N) is 2. The van der Waals surface area contributed by atoms with Crippen LogP contribution in [-0.2, 0) is 0 Å². The molecular formula is C21H24ClN5. The van der Waals surface area contributed by atoms with E-state index in [1.807, 2.05) is 49.4 Å². The number of halogens is 1. The van der Waals surface area contributed by atoms with Crippen molar-refractivity contribution >= 4 is 40.4 Å². The Morgan fingerprint density at radius 2 is 1.63 bits per heavy atom. The van der Waals surface area contributed by atoms with Gasteiger partial charge in [-0.3, -0.25) is 0 Å². The highest BCUT2D eigenvalue weighted by Crippen LogP contribution is 2.23. The summed E-state index contributed by atoms with van der Waals surface area (Å²) in [6, 6.07) is 17.7. The standard InChI is InChI=1S/C21H24ClN5/c1-4-27(5-2)19-11-9-17(10-12-19)25-21-23-15(3)13-20(26-21)24-18-8-6-7-16(22)14-18/h6-14H,4-5H2,1-3H3,(H2,23,24,25,26). The van der Waals surface area contributed by atoms with Gasteiger partial charge >= 0.3 is 0 Å². The molecule has 0 amide bonds. The molecule has 0 radical (unpaired) electrons. The van der Waals surface area contributed by atoms with Gasteiger partial charge in [0.25, 0.3) is 0 Å². The van der Waals surface area contributed by atoms with Gasteiger partial charge in [0.15, 0.2) is 0 Å². The second-order valence-electron chi connectivity index (χ2n) is 6.20. The van der Waals surface area contributed by atoms with E-state index in [1.54, 1.807) is 0 Å². The molecule has 140 valence electrons. The molecule has 0 aliphatic heterocycles. The Morgan fingerprint density at radius 1 is 0.889 bits per heavy atom. The molecule has 0 bridgehead atoms. The van der Waals surface area contributed by atoms with Crippen LogP contribution in [0.3, 0.4) is 0 Å². The number of aromatic nitrogens is 2. The Labute approximate surface area is 165 Å². The van der Waals surface area contributed by atoms with Crippen LogP contribution >= 0.6 is 11.6 Å². The average Bonchev–Trinajstić information content (AvgIpc) is 2.63. The highest BCUT2D eigenvalue weighted by Gasteiger charge is 2.06. The lowest BCUT2D eigenvalue weighted by Gasteiger charge is -2.21. The van der Waals surface area contributed by atoms with Gasteiger partial charge in [0.05, 0.1) is 0 Å². The van der Waals surface area contributed by atoms with Gasteiger partial charge in [-0.1, -0.05) is 17.7 Å². The van der Waals surface area contributed by atoms with Crippen molar-refractivity contribution in [3.63, 3.8) is 0 Å². The Kier molecular flexibility index (Phi) is 6.14. The molecule has 6 heteroatoms. The van der Waals surface area contributed by atoms with E-state index in [0.717, 1.165) is 30.2 Å². The zero-order valence-electron chi connectivity index (χ0n) is 15.8. The third kappa shape index (κ3) is 5.11. The van der Waals surface area contributed by atoms with E-state index in [1.165, 1.54) is 5.69 Å². The van der Waals surface area contributed by atoms with Gasteiger partial charge in [-0.15, -0.1) is 0 Å². The second-order valence-corrected chi connectivity index (χ2v) is 6.63. The number of aryl methyl sites for hydroxylation is 1. The van der Waals surface area contributed by atoms with Gasteiger partial charge in [0.2, 0.25) is 5.95 Å². The van der Waals surface area contributed by atoms with E-state index < -0.39 is 0 Å². The smallest absolute Gasteiger partial charge is 0.229 e. The summed E-state index contributed by atoms with van der Waals surface area (Å²) < 4.78 is 0. The van der Waals surface area contributed by atoms with Crippen LogP contribution in [0, 0.1) is 6.92 Å². The monoisotopic (exact) mass is 381 g/mol. The van der Waals surface area contributed by atoms with Crippen LogP contribution in [0.4, 0.5) is 28.8 Å². The van der Waals surface area contributed by atoms with Gasteiger partial charge in [-0.2, -0.15) is 4.98 Å². The van der Waals surface area contributed by atoms with Crippen LogP contribution in [-0.4, -0.2) is 23.1 Å². The first-order valence-corrected chi connectivity index (χ1v) is 9.45. The van der Waals surface area contributed by atoms with Gasteiger partial charge in [0.1, 0.15) is 5.82 Å². The van der Waals surface area contributed by atoms with Crippen LogP contribution < -0.4 is 15.5 Å². The summed E-state index contributed by atoms with van der Waals surface area (Å²) in [5.74, 6) is 1.27. The van der Waals surface area contributed by atoms with Gasteiger partial charge in [-0.25, -0.2) is 4.98 Å². The zero-order chi connectivity index (χ0) is 19.2. The molecule has 0 spiro atoms. The molecule has 3 aromatic rings. The minimum Gasteiger partial charge on any atom is -0.372 e. The molecule has 27 heavy (non-hydrogen) atoms. The van der Waals surface area contributed by atoms with Crippen molar-refractivity contribution in [3.8, 4) is 0 Å². The van der Waals surface area contributed by atoms with Crippen molar-refractivity contribution in [2.75, 3.05) is 28.6 Å². The van der Waals surface area contributed by atoms with Crippen molar-refractivity contribution in [3.05, 3.63) is 65.3 Å². The summed E-state index contributed by atoms with van der Waals surface area (Å²) in [7, 11) is 0. The molecular weight excluding hydrogens is 358 g/mol. The van der Waals surface area contributed by atoms with E-state index in [9.17, 15) is 0 Å². The topological polar surface area (TPSA) is 53.1 Å². The molecule has 0 saturated carbocycles. The predicted molar refractivity (Wildman–Crippen MR) is 115 cm³/mol. The Balaban J connectivity index is 1.76. The number of nitrogens with zero attached hydrogens (tertiary/aromatic N) is 3. The number of rotatable bonds is 7. The number of benzene rings is 2. The van der Waals surface area contributed by atoms with Gasteiger partial charge < -0.3 is 15.5 Å². The van der Waals surface area contributed by atoms with Gasteiger partial charge in [-0.05, 0) is 63.2 Å². The maximum atomic E-state index is 6.05. The fourth-order valence-corrected chi connectivity index (χ4v) is 3.07. The summed E-state index contributed by atoms with van der Waals surface area (Å²) in [5.41, 5.74) is 3.91. The largest absolute Gasteiger partial charge is 0.372 e. The highest BCUT2D eigenvalue weighted by atomic mass is 35.5. The molecule has 5 nitrogen and oxygen atoms in total. The first-order valence-electron chi connectivity index (χ1n) is 9.07. The Hall–Kier alpha value is -2.79. The zero-order valence-corrected chi connectivity index (χ0v) is 16.6. The van der Waals surface area contributed by atoms with E-state index in [2.05, 4.69) is 51.5 Å². The maximum absolute atomic E-state index is 6.05. The maximum Gasteiger partial charge on any atom is 0.229 e. The summed E-state index contributed by atoms with van der Waals surface area (Å²) in [5, 5.41) is 7.22. The molecule has 0 atom stereocenters. The first-order chi connectivity index (χ1) is 13.1. The first kappa shape index (κ1) is 19.0. The van der Waals surface area contributed by atoms with Crippen LogP contribution in [0.1, 0.15) is 19.5 Å². The molecule has 0 unspecified atom stereocenters. The summed E-state index contributed by atoms with van der Waals surface area (Å²) in [6.07, 6.45) is 0. The second kappa shape index (κ2) is 8.73. The lowest BCUT2D eigenvalue weighted by Crippen LogP contribution is -2.21. The van der Waals surface area contributed by atoms with Gasteiger partial charge in [0, 0.05) is 46.9 Å². The van der Waals surface area contributed by atoms with Crippen molar-refractivity contribution in [1.82, 2.24) is 9.97 Å². The molecule has 0 aliphatic carbocycles. The number of hydrogen-bond donors (Lipinski definition) is 2. The summed E-state index contributed by atoms with van der Waals surface area (Å²) >= 11 is 6.05. The van der Waals surface area contributed by atoms with Crippen molar-refractivity contribution in [1.29, 1.82) is 0 Å². The molecule has 2 aromatic carbocycles. The van der Waals surface area contributed by atoms with Crippen LogP contribution in [0.5, 0.6) is 0 Å². The SMILES string of the molecule is CCN(CC)c1ccc(Nc2nc(C)cc(Nc3cccc(Cl)c3)n2)cc1. The molecule has 0 saturated heterocycles. The van der Waals surface area contributed by atoms with E-state index in [0.29, 0.717) is 16.8 Å². The third-order valence-electron chi connectivity index (χ3n) is 4.20. The fourth-order valence-electron chi connectivity index (χ4n) is 2.88. The van der Waals surface area contributed by atoms with E-state index in [4.69, 9.17) is 11.6 Å². The molecule has 2 N–H and O–H groups in total. The number of hydrogen-bond acceptors (Lipinski definition) is 5. The average molecular weight is 382 g/mol. The fraction of sp³-hybridized carbons (Fsp3) is 0.238. The summed E-state index contributed by atoms with van der Waals surface area (Å²) in [4.78, 5) is 11.3. The quantitative estimate of drug-likeness (QED) is 0.544. The summed E-state index contributed by atoms with van der Waals surface area (Å²) in [6.45, 7) is 8.24. The molecule has 1 aromatic heterocycles. The molecule has 0 aliphatic rings. The predicted octanol–water partition coefficient (Wildman–Crippen LogP) is 5.77. The lowest BCUT2D eigenvalue weighted by atomic mass is 10.2. The Morgan fingerprint density at radius 3 is 2.30 bits per heavy atom. The molecule has 0 fully saturated rings. The van der Waals surface area contributed by atoms with Crippen molar-refractivity contribution in [2.24, 2.45) is 0 Å². The normalized spacial score (nSPS) is 10.5. The van der Waals surface area contributed by atoms with Crippen molar-refractivity contribution < 1.29 is 0 Å². The minimum atomic E-state index is 0.551. The molecule has 1 heterocycles. The van der Waals surface area contributed by atoms with Crippen LogP contribution in [0.25, 0.3) is 0 Å². The highest BCUT2D eigenvalue weighted by molar-refractivity contribution is 6.30. The van der Waals surface area contributed by atoms with E-state index >= 15 is 0 Å². The van der Waals surface area contributed by atoms with Crippen LogP contribution in [0.2, 0.25) is 5.02 Å². The Bertz CT molecular complexity index is 891. The van der Waals surface area contributed by atoms with Crippen molar-refractivity contribution in [2.45, 2.75) is 20.8 Å². The number of anilines is 5. The minimum absolute atomic E-state index is 0.551. The lowest BCUT2D eigenvalue weighted by molar-refractivity contribution is 0.866. The van der Waals surface area contributed by atoms with Crippen LogP contribution in [0.15, 0.2) is 54.6 Å². The molecule has 3 rings (SSSR count).